The van der Waals surface area contributed by atoms with Crippen LogP contribution in [0.3, 0.4) is 0 Å². The average molecular weight is 260 g/mol. The molecular formula is C13H16N4O2. The molecule has 100 valence electrons. The molecule has 0 bridgehead atoms. The number of carbonyl (C=O) groups is 2. The van der Waals surface area contributed by atoms with E-state index >= 15 is 0 Å². The molecule has 1 aliphatic heterocycles. The Balaban J connectivity index is 2.18. The monoisotopic (exact) mass is 260 g/mol. The molecule has 1 aromatic rings. The number of carbonyl (C=O) groups excluding carboxylic acids is 2. The van der Waals surface area contributed by atoms with E-state index in [4.69, 9.17) is 11.5 Å². The highest BCUT2D eigenvalue weighted by atomic mass is 16.2. The fourth-order valence-electron chi connectivity index (χ4n) is 2.21. The van der Waals surface area contributed by atoms with Crippen LogP contribution in [0.4, 0.5) is 0 Å². The molecule has 1 fully saturated rings. The molecule has 2 amide bonds. The third-order valence-corrected chi connectivity index (χ3v) is 3.06. The van der Waals surface area contributed by atoms with Crippen molar-refractivity contribution in [3.8, 4) is 0 Å². The minimum absolute atomic E-state index is 0.165. The van der Waals surface area contributed by atoms with Crippen LogP contribution in [0.25, 0.3) is 0 Å². The lowest BCUT2D eigenvalue weighted by molar-refractivity contribution is -0.121. The summed E-state index contributed by atoms with van der Waals surface area (Å²) >= 11 is 0. The normalized spacial score (nSPS) is 18.1. The minimum atomic E-state index is -0.560. The maximum Gasteiger partial charge on any atom is 0.271 e. The van der Waals surface area contributed by atoms with Crippen LogP contribution in [0.5, 0.6) is 0 Å². The lowest BCUT2D eigenvalue weighted by Gasteiger charge is -2.22. The van der Waals surface area contributed by atoms with Crippen molar-refractivity contribution < 1.29 is 9.59 Å². The Bertz CT molecular complexity index is 509. The first-order valence-electron chi connectivity index (χ1n) is 6.09. The SMILES string of the molecule is NC(N)=NC(=O)C1CCCN1C(=O)c1ccccc1. The molecule has 0 aromatic heterocycles. The summed E-state index contributed by atoms with van der Waals surface area (Å²) in [6.45, 7) is 0.546. The molecule has 6 nitrogen and oxygen atoms in total. The highest BCUT2D eigenvalue weighted by Crippen LogP contribution is 2.21. The van der Waals surface area contributed by atoms with E-state index < -0.39 is 11.9 Å². The Morgan fingerprint density at radius 2 is 1.89 bits per heavy atom. The summed E-state index contributed by atoms with van der Waals surface area (Å²) < 4.78 is 0. The van der Waals surface area contributed by atoms with Gasteiger partial charge in [0, 0.05) is 12.1 Å². The van der Waals surface area contributed by atoms with E-state index in [2.05, 4.69) is 4.99 Å². The van der Waals surface area contributed by atoms with E-state index in [-0.39, 0.29) is 11.9 Å². The molecular weight excluding hydrogens is 244 g/mol. The number of benzene rings is 1. The van der Waals surface area contributed by atoms with E-state index in [0.717, 1.165) is 6.42 Å². The van der Waals surface area contributed by atoms with Crippen LogP contribution in [0.15, 0.2) is 35.3 Å². The smallest absolute Gasteiger partial charge is 0.271 e. The molecule has 0 radical (unpaired) electrons. The van der Waals surface area contributed by atoms with Gasteiger partial charge in [-0.25, -0.2) is 0 Å². The van der Waals surface area contributed by atoms with Crippen LogP contribution in [-0.4, -0.2) is 35.3 Å². The Labute approximate surface area is 111 Å². The molecule has 1 aliphatic rings. The van der Waals surface area contributed by atoms with Crippen LogP contribution in [0, 0.1) is 0 Å². The van der Waals surface area contributed by atoms with Crippen molar-refractivity contribution in [1.29, 1.82) is 0 Å². The lowest BCUT2D eigenvalue weighted by Crippen LogP contribution is -2.41. The van der Waals surface area contributed by atoms with Crippen LogP contribution in [0.1, 0.15) is 23.2 Å². The van der Waals surface area contributed by atoms with Gasteiger partial charge in [0.15, 0.2) is 5.96 Å². The van der Waals surface area contributed by atoms with Gasteiger partial charge in [-0.05, 0) is 25.0 Å². The summed E-state index contributed by atoms with van der Waals surface area (Å²) in [7, 11) is 0. The third-order valence-electron chi connectivity index (χ3n) is 3.06. The minimum Gasteiger partial charge on any atom is -0.370 e. The van der Waals surface area contributed by atoms with Crippen molar-refractivity contribution in [2.24, 2.45) is 16.5 Å². The number of likely N-dealkylation sites (tertiary alicyclic amines) is 1. The molecule has 1 heterocycles. The summed E-state index contributed by atoms with van der Waals surface area (Å²) in [5.41, 5.74) is 11.0. The predicted molar refractivity (Wildman–Crippen MR) is 71.3 cm³/mol. The second-order valence-corrected chi connectivity index (χ2v) is 4.40. The number of guanidine groups is 1. The fourth-order valence-corrected chi connectivity index (χ4v) is 2.21. The van der Waals surface area contributed by atoms with Gasteiger partial charge in [0.1, 0.15) is 6.04 Å². The molecule has 0 spiro atoms. The number of nitrogens with zero attached hydrogens (tertiary/aromatic N) is 2. The molecule has 1 unspecified atom stereocenters. The van der Waals surface area contributed by atoms with Crippen molar-refractivity contribution in [1.82, 2.24) is 4.90 Å². The topological polar surface area (TPSA) is 102 Å². The maximum atomic E-state index is 12.3. The van der Waals surface area contributed by atoms with Gasteiger partial charge < -0.3 is 16.4 Å². The Hall–Kier alpha value is -2.37. The van der Waals surface area contributed by atoms with Gasteiger partial charge in [-0.1, -0.05) is 18.2 Å². The van der Waals surface area contributed by atoms with Crippen molar-refractivity contribution >= 4 is 17.8 Å². The zero-order valence-electron chi connectivity index (χ0n) is 10.5. The summed E-state index contributed by atoms with van der Waals surface area (Å²) in [6.07, 6.45) is 1.36. The third kappa shape index (κ3) is 2.90. The van der Waals surface area contributed by atoms with Crippen LogP contribution < -0.4 is 11.5 Å². The number of hydrogen-bond acceptors (Lipinski definition) is 2. The van der Waals surface area contributed by atoms with E-state index in [1.165, 1.54) is 4.90 Å². The molecule has 0 saturated carbocycles. The van der Waals surface area contributed by atoms with Crippen molar-refractivity contribution in [2.45, 2.75) is 18.9 Å². The molecule has 6 heteroatoms. The first kappa shape index (κ1) is 13.1. The van der Waals surface area contributed by atoms with Crippen LogP contribution in [-0.2, 0) is 4.79 Å². The van der Waals surface area contributed by atoms with Gasteiger partial charge >= 0.3 is 0 Å². The largest absolute Gasteiger partial charge is 0.370 e. The molecule has 4 N–H and O–H groups in total. The predicted octanol–water partition coefficient (Wildman–Crippen LogP) is 0.0912. The highest BCUT2D eigenvalue weighted by Gasteiger charge is 2.34. The van der Waals surface area contributed by atoms with E-state index in [0.29, 0.717) is 18.5 Å². The second-order valence-electron chi connectivity index (χ2n) is 4.40. The summed E-state index contributed by atoms with van der Waals surface area (Å²) in [6, 6.07) is 8.30. The zero-order valence-corrected chi connectivity index (χ0v) is 10.5. The lowest BCUT2D eigenvalue weighted by atomic mass is 10.1. The number of aliphatic imine (C=N–C) groups is 1. The Morgan fingerprint density at radius 1 is 1.21 bits per heavy atom. The molecule has 19 heavy (non-hydrogen) atoms. The van der Waals surface area contributed by atoms with Gasteiger partial charge in [-0.3, -0.25) is 9.59 Å². The van der Waals surface area contributed by atoms with Crippen LogP contribution in [0.2, 0.25) is 0 Å². The quantitative estimate of drug-likeness (QED) is 0.581. The Morgan fingerprint density at radius 3 is 2.53 bits per heavy atom. The first-order chi connectivity index (χ1) is 9.09. The summed E-state index contributed by atoms with van der Waals surface area (Å²) in [5.74, 6) is -0.895. The first-order valence-corrected chi connectivity index (χ1v) is 6.09. The molecule has 0 aliphatic carbocycles. The molecule has 1 atom stereocenters. The zero-order chi connectivity index (χ0) is 13.8. The summed E-state index contributed by atoms with van der Waals surface area (Å²) in [5, 5.41) is 0. The van der Waals surface area contributed by atoms with Gasteiger partial charge in [0.05, 0.1) is 0 Å². The Kier molecular flexibility index (Phi) is 3.79. The molecule has 1 saturated heterocycles. The van der Waals surface area contributed by atoms with Gasteiger partial charge in [0.2, 0.25) is 0 Å². The number of rotatable bonds is 2. The van der Waals surface area contributed by atoms with E-state index in [1.807, 2.05) is 6.07 Å². The van der Waals surface area contributed by atoms with Crippen molar-refractivity contribution in [3.63, 3.8) is 0 Å². The number of nitrogens with two attached hydrogens (primary N) is 2. The number of amides is 2. The summed E-state index contributed by atoms with van der Waals surface area (Å²) in [4.78, 5) is 29.2. The van der Waals surface area contributed by atoms with E-state index in [1.54, 1.807) is 24.3 Å². The fraction of sp³-hybridized carbons (Fsp3) is 0.308. The van der Waals surface area contributed by atoms with Gasteiger partial charge in [-0.2, -0.15) is 4.99 Å². The maximum absolute atomic E-state index is 12.3. The van der Waals surface area contributed by atoms with Crippen molar-refractivity contribution in [2.75, 3.05) is 6.54 Å². The average Bonchev–Trinajstić information content (AvgIpc) is 2.87. The standard InChI is InChI=1S/C13H16N4O2/c14-13(15)16-11(18)10-7-4-8-17(10)12(19)9-5-2-1-3-6-9/h1-3,5-6,10H,4,7-8H2,(H4,14,15,16,18). The second kappa shape index (κ2) is 5.51. The molecule has 2 rings (SSSR count). The number of hydrogen-bond donors (Lipinski definition) is 2. The highest BCUT2D eigenvalue weighted by molar-refractivity contribution is 6.00. The van der Waals surface area contributed by atoms with Crippen LogP contribution >= 0.6 is 0 Å². The van der Waals surface area contributed by atoms with Crippen molar-refractivity contribution in [3.05, 3.63) is 35.9 Å². The van der Waals surface area contributed by atoms with Gasteiger partial charge in [0.25, 0.3) is 11.8 Å². The van der Waals surface area contributed by atoms with E-state index in [9.17, 15) is 9.59 Å². The molecule has 1 aromatic carbocycles. The van der Waals surface area contributed by atoms with Gasteiger partial charge in [-0.15, -0.1) is 0 Å².